The summed E-state index contributed by atoms with van der Waals surface area (Å²) >= 11 is 5.55. The van der Waals surface area contributed by atoms with E-state index in [9.17, 15) is 9.59 Å². The molecule has 1 N–H and O–H groups in total. The van der Waals surface area contributed by atoms with Crippen molar-refractivity contribution in [2.45, 2.75) is 25.7 Å². The summed E-state index contributed by atoms with van der Waals surface area (Å²) in [7, 11) is 0. The zero-order valence-electron chi connectivity index (χ0n) is 13.8. The number of nitrogens with one attached hydrogen (secondary N) is 1. The molecule has 1 heterocycles. The Morgan fingerprint density at radius 3 is 2.92 bits per heavy atom. The number of amides is 1. The van der Waals surface area contributed by atoms with E-state index in [4.69, 9.17) is 16.3 Å². The summed E-state index contributed by atoms with van der Waals surface area (Å²) < 4.78 is 6.09. The summed E-state index contributed by atoms with van der Waals surface area (Å²) in [5.74, 6) is 0.950. The van der Waals surface area contributed by atoms with Crippen molar-refractivity contribution >= 4 is 29.0 Å². The normalized spacial score (nSPS) is 20.8. The summed E-state index contributed by atoms with van der Waals surface area (Å²) in [6, 6.07) is 11.1. The summed E-state index contributed by atoms with van der Waals surface area (Å²) in [5, 5.41) is 2.69. The average Bonchev–Trinajstić information content (AvgIpc) is 2.74. The minimum atomic E-state index is -0.305. The summed E-state index contributed by atoms with van der Waals surface area (Å²) in [5.41, 5.74) is 3.27. The van der Waals surface area contributed by atoms with Gasteiger partial charge < -0.3 is 10.1 Å². The van der Waals surface area contributed by atoms with Gasteiger partial charge in [0.1, 0.15) is 17.4 Å². The van der Waals surface area contributed by atoms with Crippen LogP contribution in [0.3, 0.4) is 0 Å². The van der Waals surface area contributed by atoms with Gasteiger partial charge in [-0.3, -0.25) is 9.59 Å². The zero-order valence-corrected chi connectivity index (χ0v) is 14.6. The van der Waals surface area contributed by atoms with Crippen LogP contribution in [-0.4, -0.2) is 17.6 Å². The van der Waals surface area contributed by atoms with E-state index < -0.39 is 0 Å². The van der Waals surface area contributed by atoms with Gasteiger partial charge in [0.25, 0.3) is 0 Å². The maximum atomic E-state index is 13.3. The number of anilines is 1. The third-order valence-corrected chi connectivity index (χ3v) is 5.30. The Morgan fingerprint density at radius 1 is 1.28 bits per heavy atom. The Balaban J connectivity index is 1.83. The Bertz CT molecular complexity index is 877. The number of aryl methyl sites for hydroxylation is 1. The molecule has 4 rings (SSSR count). The second-order valence-corrected chi connectivity index (χ2v) is 6.95. The van der Waals surface area contributed by atoms with E-state index in [2.05, 4.69) is 18.3 Å². The van der Waals surface area contributed by atoms with E-state index in [1.54, 1.807) is 18.2 Å². The van der Waals surface area contributed by atoms with Crippen LogP contribution in [0.4, 0.5) is 5.69 Å². The summed E-state index contributed by atoms with van der Waals surface area (Å²) in [6.07, 6.45) is 1.94. The molecule has 0 bridgehead atoms. The second-order valence-electron chi connectivity index (χ2n) is 6.68. The van der Waals surface area contributed by atoms with Crippen molar-refractivity contribution in [3.05, 3.63) is 53.1 Å². The predicted molar refractivity (Wildman–Crippen MR) is 96.9 cm³/mol. The van der Waals surface area contributed by atoms with Gasteiger partial charge in [0.05, 0.1) is 11.5 Å². The number of carbonyl (C=O) groups is 2. The molecule has 1 aliphatic carbocycles. The van der Waals surface area contributed by atoms with Crippen LogP contribution in [0.1, 0.15) is 40.7 Å². The number of rotatable bonds is 2. The van der Waals surface area contributed by atoms with Gasteiger partial charge in [0.15, 0.2) is 5.78 Å². The van der Waals surface area contributed by atoms with Crippen LogP contribution in [0.25, 0.3) is 0 Å². The Kier molecular flexibility index (Phi) is 4.00. The van der Waals surface area contributed by atoms with Gasteiger partial charge in [-0.15, -0.1) is 11.6 Å². The lowest BCUT2D eigenvalue weighted by atomic mass is 9.72. The Morgan fingerprint density at radius 2 is 2.12 bits per heavy atom. The van der Waals surface area contributed by atoms with Gasteiger partial charge in [0, 0.05) is 11.3 Å². The first-order valence-electron chi connectivity index (χ1n) is 8.42. The van der Waals surface area contributed by atoms with Crippen molar-refractivity contribution in [3.8, 4) is 11.5 Å². The molecule has 2 aromatic carbocycles. The maximum Gasteiger partial charge on any atom is 0.239 e. The van der Waals surface area contributed by atoms with Crippen molar-refractivity contribution in [1.82, 2.24) is 0 Å². The molecule has 1 aliphatic heterocycles. The van der Waals surface area contributed by atoms with Gasteiger partial charge in [-0.1, -0.05) is 19.1 Å². The number of hydrogen-bond acceptors (Lipinski definition) is 3. The predicted octanol–water partition coefficient (Wildman–Crippen LogP) is 4.52. The lowest BCUT2D eigenvalue weighted by Crippen LogP contribution is -2.25. The number of hydrogen-bond donors (Lipinski definition) is 1. The zero-order chi connectivity index (χ0) is 17.6. The third-order valence-electron chi connectivity index (χ3n) is 5.06. The molecule has 0 saturated carbocycles. The van der Waals surface area contributed by atoms with Crippen molar-refractivity contribution in [2.24, 2.45) is 5.92 Å². The quantitative estimate of drug-likeness (QED) is 0.806. The van der Waals surface area contributed by atoms with Gasteiger partial charge in [-0.05, 0) is 48.6 Å². The van der Waals surface area contributed by atoms with E-state index >= 15 is 0 Å². The van der Waals surface area contributed by atoms with E-state index in [-0.39, 0.29) is 29.4 Å². The number of benzene rings is 2. The van der Waals surface area contributed by atoms with Crippen LogP contribution < -0.4 is 10.1 Å². The van der Waals surface area contributed by atoms with Crippen molar-refractivity contribution in [1.29, 1.82) is 0 Å². The van der Waals surface area contributed by atoms with Crippen LogP contribution in [0.2, 0.25) is 0 Å². The molecule has 5 heteroatoms. The van der Waals surface area contributed by atoms with Gasteiger partial charge in [0.2, 0.25) is 5.91 Å². The molecule has 0 saturated heterocycles. The highest BCUT2D eigenvalue weighted by molar-refractivity contribution is 6.29. The fraction of sp³-hybridized carbons (Fsp3) is 0.300. The standard InChI is InChI=1S/C20H18ClNO3/c1-11-5-6-12-3-2-4-16-19(12)18(11)20(24)14-9-13(22-17(23)10-21)7-8-15(14)25-16/h2-4,7-9,11,18H,5-6,10H2,1H3,(H,22,23). The molecular formula is C20H18ClNO3. The fourth-order valence-corrected chi connectivity index (χ4v) is 3.91. The van der Waals surface area contributed by atoms with Crippen LogP contribution in [0.15, 0.2) is 36.4 Å². The van der Waals surface area contributed by atoms with Crippen LogP contribution in [0, 0.1) is 5.92 Å². The molecule has 0 radical (unpaired) electrons. The number of ketones is 1. The van der Waals surface area contributed by atoms with E-state index in [0.29, 0.717) is 17.0 Å². The molecule has 25 heavy (non-hydrogen) atoms. The van der Waals surface area contributed by atoms with Crippen molar-refractivity contribution < 1.29 is 14.3 Å². The number of alkyl halides is 1. The fourth-order valence-electron chi connectivity index (χ4n) is 3.84. The van der Waals surface area contributed by atoms with Crippen molar-refractivity contribution in [3.63, 3.8) is 0 Å². The first-order chi connectivity index (χ1) is 12.1. The first kappa shape index (κ1) is 16.2. The highest BCUT2D eigenvalue weighted by Gasteiger charge is 2.38. The van der Waals surface area contributed by atoms with Crippen LogP contribution >= 0.6 is 11.6 Å². The third kappa shape index (κ3) is 2.71. The topological polar surface area (TPSA) is 55.4 Å². The lowest BCUT2D eigenvalue weighted by molar-refractivity contribution is -0.113. The molecular weight excluding hydrogens is 338 g/mol. The van der Waals surface area contributed by atoms with Crippen LogP contribution in [0.5, 0.6) is 11.5 Å². The lowest BCUT2D eigenvalue weighted by Gasteiger charge is -2.30. The minimum Gasteiger partial charge on any atom is -0.456 e. The molecule has 0 aromatic heterocycles. The first-order valence-corrected chi connectivity index (χ1v) is 8.95. The molecule has 2 atom stereocenters. The maximum absolute atomic E-state index is 13.3. The Labute approximate surface area is 151 Å². The smallest absolute Gasteiger partial charge is 0.239 e. The molecule has 0 spiro atoms. The highest BCUT2D eigenvalue weighted by Crippen LogP contribution is 2.48. The molecule has 1 amide bonds. The minimum absolute atomic E-state index is 0.0513. The number of fused-ring (bicyclic) bond motifs is 1. The number of halogens is 1. The van der Waals surface area contributed by atoms with Gasteiger partial charge >= 0.3 is 0 Å². The van der Waals surface area contributed by atoms with E-state index in [1.165, 1.54) is 5.56 Å². The SMILES string of the molecule is CC1CCc2cccc3c2C1C(=O)c1cc(NC(=O)CCl)ccc1O3. The van der Waals surface area contributed by atoms with E-state index in [0.717, 1.165) is 24.2 Å². The highest BCUT2D eigenvalue weighted by atomic mass is 35.5. The number of carbonyl (C=O) groups excluding carboxylic acids is 2. The molecule has 0 fully saturated rings. The average molecular weight is 356 g/mol. The van der Waals surface area contributed by atoms with E-state index in [1.807, 2.05) is 12.1 Å². The monoisotopic (exact) mass is 355 g/mol. The largest absolute Gasteiger partial charge is 0.456 e. The summed E-state index contributed by atoms with van der Waals surface area (Å²) in [6.45, 7) is 2.12. The molecule has 2 aliphatic rings. The number of Topliss-reactive ketones (excluding diaryl/α,β-unsaturated/α-hetero) is 1. The second kappa shape index (κ2) is 6.19. The number of ether oxygens (including phenoxy) is 1. The van der Waals surface area contributed by atoms with Crippen LogP contribution in [-0.2, 0) is 11.2 Å². The Hall–Kier alpha value is -2.33. The molecule has 2 unspecified atom stereocenters. The molecule has 128 valence electrons. The molecule has 2 aromatic rings. The summed E-state index contributed by atoms with van der Waals surface area (Å²) in [4.78, 5) is 24.9. The van der Waals surface area contributed by atoms with Gasteiger partial charge in [-0.25, -0.2) is 0 Å². The van der Waals surface area contributed by atoms with Gasteiger partial charge in [-0.2, -0.15) is 0 Å². The van der Waals surface area contributed by atoms with Crippen molar-refractivity contribution in [2.75, 3.05) is 11.2 Å². The molecule has 4 nitrogen and oxygen atoms in total.